The average molecular weight is 709 g/mol. The van der Waals surface area contributed by atoms with Crippen LogP contribution in [0.5, 0.6) is 0 Å². The summed E-state index contributed by atoms with van der Waals surface area (Å²) in [6, 6.07) is 5.13. The average Bonchev–Trinajstić information content (AvgIpc) is 3.51. The molecule has 270 valence electrons. The summed E-state index contributed by atoms with van der Waals surface area (Å²) in [5.74, 6) is -1.33. The Morgan fingerprint density at radius 2 is 1.80 bits per heavy atom. The maximum absolute atomic E-state index is 14.4. The highest BCUT2D eigenvalue weighted by Gasteiger charge is 2.38. The van der Waals surface area contributed by atoms with Crippen molar-refractivity contribution in [1.82, 2.24) is 14.1 Å². The SMILES string of the molecule is COC[C@H]1CN(c2cc(C)c3c4c(c(=O)oc3c2C)CN(C(=O)c2ccc(C(N)=O)c(N3CCC[C@H]3C)c2S(=O)(=O)N(C)C)CC4)CCN1C. The number of likely N-dealkylation sites (N-methyl/N-ethyl adjacent to an activating group) is 1. The van der Waals surface area contributed by atoms with E-state index in [9.17, 15) is 22.8 Å². The molecular weight excluding hydrogens is 660 g/mol. The predicted octanol–water partition coefficient (Wildman–Crippen LogP) is 2.71. The van der Waals surface area contributed by atoms with Gasteiger partial charge in [-0.2, -0.15) is 0 Å². The number of aryl methyl sites for hydroxylation is 2. The number of anilines is 2. The fraction of sp³-hybridized carbons (Fsp3) is 0.528. The topological polar surface area (TPSA) is 150 Å². The Morgan fingerprint density at radius 3 is 2.44 bits per heavy atom. The van der Waals surface area contributed by atoms with Gasteiger partial charge in [0.05, 0.1) is 41.6 Å². The van der Waals surface area contributed by atoms with Gasteiger partial charge in [0.2, 0.25) is 10.0 Å². The second-order valence-electron chi connectivity index (χ2n) is 14.1. The van der Waals surface area contributed by atoms with E-state index in [2.05, 4.69) is 22.9 Å². The van der Waals surface area contributed by atoms with Crippen LogP contribution in [0.25, 0.3) is 11.0 Å². The van der Waals surface area contributed by atoms with Gasteiger partial charge in [-0.05, 0) is 76.4 Å². The van der Waals surface area contributed by atoms with Crippen molar-refractivity contribution in [2.24, 2.45) is 5.73 Å². The molecule has 0 aliphatic carbocycles. The van der Waals surface area contributed by atoms with Crippen molar-refractivity contribution in [2.75, 3.05) is 77.4 Å². The van der Waals surface area contributed by atoms with Crippen LogP contribution in [0, 0.1) is 13.8 Å². The first kappa shape index (κ1) is 35.8. The van der Waals surface area contributed by atoms with E-state index >= 15 is 0 Å². The van der Waals surface area contributed by atoms with Crippen molar-refractivity contribution < 1.29 is 27.2 Å². The summed E-state index contributed by atoms with van der Waals surface area (Å²) in [4.78, 5) is 48.5. The molecule has 2 amide bonds. The number of amides is 2. The van der Waals surface area contributed by atoms with E-state index in [1.165, 1.54) is 31.1 Å². The third-order valence-corrected chi connectivity index (χ3v) is 12.6. The Labute approximate surface area is 293 Å². The van der Waals surface area contributed by atoms with E-state index < -0.39 is 27.5 Å². The summed E-state index contributed by atoms with van der Waals surface area (Å²) < 4.78 is 40.5. The molecule has 2 saturated heterocycles. The highest BCUT2D eigenvalue weighted by atomic mass is 32.2. The van der Waals surface area contributed by atoms with Crippen molar-refractivity contribution in [3.63, 3.8) is 0 Å². The Kier molecular flexibility index (Phi) is 9.76. The molecule has 13 nitrogen and oxygen atoms in total. The molecule has 0 radical (unpaired) electrons. The highest BCUT2D eigenvalue weighted by molar-refractivity contribution is 7.89. The van der Waals surface area contributed by atoms with Crippen molar-refractivity contribution in [3.8, 4) is 0 Å². The first-order chi connectivity index (χ1) is 23.7. The normalized spacial score (nSPS) is 20.2. The first-order valence-corrected chi connectivity index (χ1v) is 18.6. The summed E-state index contributed by atoms with van der Waals surface area (Å²) in [5, 5.41) is 0.877. The Bertz CT molecular complexity index is 2030. The molecule has 50 heavy (non-hydrogen) atoms. The number of carbonyl (C=O) groups is 2. The number of piperazine rings is 1. The van der Waals surface area contributed by atoms with Crippen LogP contribution >= 0.6 is 0 Å². The molecule has 0 spiro atoms. The van der Waals surface area contributed by atoms with Crippen LogP contribution in [0.1, 0.15) is 62.7 Å². The van der Waals surface area contributed by atoms with Gasteiger partial charge < -0.3 is 29.6 Å². The number of methoxy groups -OCH3 is 1. The largest absolute Gasteiger partial charge is 0.422 e. The summed E-state index contributed by atoms with van der Waals surface area (Å²) in [7, 11) is 2.37. The molecule has 14 heteroatoms. The third-order valence-electron chi connectivity index (χ3n) is 10.8. The predicted molar refractivity (Wildman–Crippen MR) is 193 cm³/mol. The van der Waals surface area contributed by atoms with Crippen LogP contribution < -0.4 is 21.2 Å². The van der Waals surface area contributed by atoms with Crippen molar-refractivity contribution >= 4 is 44.2 Å². The van der Waals surface area contributed by atoms with Crippen LogP contribution in [0.15, 0.2) is 32.3 Å². The van der Waals surface area contributed by atoms with Crippen molar-refractivity contribution in [1.29, 1.82) is 0 Å². The quantitative estimate of drug-likeness (QED) is 0.346. The maximum Gasteiger partial charge on any atom is 0.341 e. The number of hydrogen-bond donors (Lipinski definition) is 1. The zero-order chi connectivity index (χ0) is 36.2. The fourth-order valence-electron chi connectivity index (χ4n) is 7.89. The van der Waals surface area contributed by atoms with Crippen molar-refractivity contribution in [2.45, 2.75) is 63.6 Å². The molecule has 2 N–H and O–H groups in total. The number of carbonyl (C=O) groups excluding carboxylic acids is 2. The molecule has 0 saturated carbocycles. The first-order valence-electron chi connectivity index (χ1n) is 17.1. The van der Waals surface area contributed by atoms with E-state index in [0.29, 0.717) is 30.7 Å². The second kappa shape index (κ2) is 13.6. The summed E-state index contributed by atoms with van der Waals surface area (Å²) in [6.07, 6.45) is 1.99. The molecule has 3 aliphatic heterocycles. The lowest BCUT2D eigenvalue weighted by molar-refractivity contribution is 0.0728. The minimum atomic E-state index is -4.23. The number of hydrogen-bond acceptors (Lipinski definition) is 10. The van der Waals surface area contributed by atoms with E-state index in [0.717, 1.165) is 64.5 Å². The van der Waals surface area contributed by atoms with Crippen molar-refractivity contribution in [3.05, 3.63) is 62.0 Å². The van der Waals surface area contributed by atoms with Gasteiger partial charge in [0, 0.05) is 76.6 Å². The number of fused-ring (bicyclic) bond motifs is 3. The molecule has 3 aliphatic rings. The van der Waals surface area contributed by atoms with Crippen LogP contribution in [0.2, 0.25) is 0 Å². The summed E-state index contributed by atoms with van der Waals surface area (Å²) in [6.45, 7) is 9.81. The Balaban J connectivity index is 1.41. The number of sulfonamides is 1. The number of nitrogens with two attached hydrogens (primary N) is 1. The lowest BCUT2D eigenvalue weighted by atomic mass is 9.92. The third kappa shape index (κ3) is 6.05. The minimum absolute atomic E-state index is 0.0433. The molecule has 6 rings (SSSR count). The number of rotatable bonds is 8. The van der Waals surface area contributed by atoms with Crippen LogP contribution in [0.4, 0.5) is 11.4 Å². The second-order valence-corrected chi connectivity index (χ2v) is 16.2. The zero-order valence-corrected chi connectivity index (χ0v) is 30.9. The number of benzene rings is 2. The van der Waals surface area contributed by atoms with Gasteiger partial charge >= 0.3 is 5.63 Å². The van der Waals surface area contributed by atoms with Crippen LogP contribution in [-0.4, -0.2) is 114 Å². The van der Waals surface area contributed by atoms with Gasteiger partial charge in [0.1, 0.15) is 10.5 Å². The van der Waals surface area contributed by atoms with Gasteiger partial charge in [-0.15, -0.1) is 0 Å². The van der Waals surface area contributed by atoms with Crippen LogP contribution in [0.3, 0.4) is 0 Å². The lowest BCUT2D eigenvalue weighted by Crippen LogP contribution is -2.53. The van der Waals surface area contributed by atoms with Crippen LogP contribution in [-0.2, 0) is 27.7 Å². The molecule has 4 heterocycles. The molecule has 0 bridgehead atoms. The molecule has 0 unspecified atom stereocenters. The van der Waals surface area contributed by atoms with E-state index in [4.69, 9.17) is 14.9 Å². The van der Waals surface area contributed by atoms with Gasteiger partial charge in [-0.25, -0.2) is 17.5 Å². The Hall–Kier alpha value is -3.98. The van der Waals surface area contributed by atoms with E-state index in [1.54, 1.807) is 7.11 Å². The van der Waals surface area contributed by atoms with Gasteiger partial charge in [-0.1, -0.05) is 0 Å². The monoisotopic (exact) mass is 708 g/mol. The van der Waals surface area contributed by atoms with Gasteiger partial charge in [0.15, 0.2) is 0 Å². The number of nitrogens with zero attached hydrogens (tertiary/aromatic N) is 5. The molecule has 1 aromatic heterocycles. The number of primary amides is 1. The van der Waals surface area contributed by atoms with Gasteiger partial charge in [0.25, 0.3) is 11.8 Å². The molecule has 2 atom stereocenters. The molecule has 2 fully saturated rings. The standard InChI is InChI=1S/C36H48N6O7S/c1-21-17-29(40-16-15-39(6)24(18-40)20-48-7)23(3)32-30(21)25-12-14-41(19-28(25)36(45)49-32)35(44)27-11-10-26(34(37)43)31(42-13-8-9-22(42)2)33(27)50(46,47)38(4)5/h10-11,17,22,24H,8-9,12-16,18-20H2,1-7H3,(H2,37,43)/t22-,24-/m1/s1. The zero-order valence-electron chi connectivity index (χ0n) is 30.0. The molecule has 2 aromatic carbocycles. The minimum Gasteiger partial charge on any atom is -0.422 e. The fourth-order valence-corrected chi connectivity index (χ4v) is 9.16. The maximum atomic E-state index is 14.4. The number of ether oxygens (including phenoxy) is 1. The van der Waals surface area contributed by atoms with E-state index in [-0.39, 0.29) is 46.9 Å². The Morgan fingerprint density at radius 1 is 1.08 bits per heavy atom. The highest BCUT2D eigenvalue weighted by Crippen LogP contribution is 2.40. The molecule has 3 aromatic rings. The lowest BCUT2D eigenvalue weighted by Gasteiger charge is -2.41. The molecular formula is C36H48N6O7S. The smallest absolute Gasteiger partial charge is 0.341 e. The van der Waals surface area contributed by atoms with E-state index in [1.807, 2.05) is 25.7 Å². The van der Waals surface area contributed by atoms with Gasteiger partial charge in [-0.3, -0.25) is 14.5 Å². The summed E-state index contributed by atoms with van der Waals surface area (Å²) in [5.41, 5.74) is 10.1. The summed E-state index contributed by atoms with van der Waals surface area (Å²) >= 11 is 0.